The van der Waals surface area contributed by atoms with Crippen molar-refractivity contribution >= 4 is 29.1 Å². The minimum absolute atomic E-state index is 0.0117. The molecule has 3 aliphatic rings. The van der Waals surface area contributed by atoms with Gasteiger partial charge in [-0.3, -0.25) is 24.9 Å². The first kappa shape index (κ1) is 28.3. The highest BCUT2D eigenvalue weighted by molar-refractivity contribution is 6.19. The van der Waals surface area contributed by atoms with Crippen LogP contribution >= 0.6 is 0 Å². The standard InChI is InChI=1S/C32H44N6O2/c1-36(2)21-9-14-29(39)33-27-15-17-28(18-16-27)38-31(40)35-30(34-26-12-7-4-8-13-26)32(38)19-22-37(23-20-32)24-25-10-5-3-6-11-25/h3,5-6,10-11,15-18,26H,4,7-9,12-14,19-24H2,1-2H3,(H,33,39)(H,34,35,40). The maximum Gasteiger partial charge on any atom is 0.328 e. The number of carbonyl (C=O) groups is 2. The quantitative estimate of drug-likeness (QED) is 0.451. The van der Waals surface area contributed by atoms with E-state index in [4.69, 9.17) is 4.99 Å². The monoisotopic (exact) mass is 544 g/mol. The first-order valence-corrected chi connectivity index (χ1v) is 14.9. The fraction of sp³-hybridized carbons (Fsp3) is 0.531. The molecule has 1 aliphatic carbocycles. The average molecular weight is 545 g/mol. The lowest BCUT2D eigenvalue weighted by Gasteiger charge is -2.44. The van der Waals surface area contributed by atoms with Crippen molar-refractivity contribution in [3.63, 3.8) is 0 Å². The van der Waals surface area contributed by atoms with Crippen molar-refractivity contribution in [1.82, 2.24) is 15.1 Å². The van der Waals surface area contributed by atoms with Crippen molar-refractivity contribution in [1.29, 1.82) is 0 Å². The number of aliphatic imine (C=N–C) groups is 1. The Bertz CT molecular complexity index is 1170. The van der Waals surface area contributed by atoms with Gasteiger partial charge in [0, 0.05) is 37.4 Å². The highest BCUT2D eigenvalue weighted by Gasteiger charge is 2.53. The zero-order valence-electron chi connectivity index (χ0n) is 24.1. The Morgan fingerprint density at radius 1 is 1.02 bits per heavy atom. The molecule has 0 radical (unpaired) electrons. The Labute approximate surface area is 238 Å². The minimum Gasteiger partial charge on any atom is -0.326 e. The molecule has 2 saturated heterocycles. The van der Waals surface area contributed by atoms with Gasteiger partial charge in [0.25, 0.3) is 0 Å². The number of nitrogens with one attached hydrogen (secondary N) is 2. The highest BCUT2D eigenvalue weighted by Crippen LogP contribution is 2.39. The number of amidine groups is 1. The van der Waals surface area contributed by atoms with Gasteiger partial charge in [-0.25, -0.2) is 4.79 Å². The van der Waals surface area contributed by atoms with Gasteiger partial charge >= 0.3 is 6.03 Å². The molecule has 2 N–H and O–H groups in total. The molecule has 3 amide bonds. The predicted octanol–water partition coefficient (Wildman–Crippen LogP) is 5.26. The van der Waals surface area contributed by atoms with E-state index in [1.165, 1.54) is 24.8 Å². The van der Waals surface area contributed by atoms with Crippen LogP contribution in [0.3, 0.4) is 0 Å². The number of hydrogen-bond acceptors (Lipinski definition) is 5. The zero-order valence-corrected chi connectivity index (χ0v) is 24.1. The summed E-state index contributed by atoms with van der Waals surface area (Å²) in [5.41, 5.74) is 2.43. The van der Waals surface area contributed by atoms with Crippen LogP contribution < -0.4 is 15.5 Å². The molecule has 0 aromatic heterocycles. The van der Waals surface area contributed by atoms with Crippen LogP contribution in [-0.2, 0) is 11.3 Å². The summed E-state index contributed by atoms with van der Waals surface area (Å²) in [5, 5.41) is 6.20. The molecule has 8 nitrogen and oxygen atoms in total. The molecule has 40 heavy (non-hydrogen) atoms. The summed E-state index contributed by atoms with van der Waals surface area (Å²) in [4.78, 5) is 37.7. The van der Waals surface area contributed by atoms with E-state index in [1.807, 2.05) is 43.3 Å². The van der Waals surface area contributed by atoms with Gasteiger partial charge in [-0.05, 0) is 82.6 Å². The third-order valence-corrected chi connectivity index (χ3v) is 8.53. The number of likely N-dealkylation sites (tertiary alicyclic amines) is 1. The van der Waals surface area contributed by atoms with Crippen molar-refractivity contribution < 1.29 is 9.59 Å². The smallest absolute Gasteiger partial charge is 0.326 e. The molecule has 2 heterocycles. The second-order valence-electron chi connectivity index (χ2n) is 11.8. The van der Waals surface area contributed by atoms with Gasteiger partial charge in [0.1, 0.15) is 11.4 Å². The zero-order chi connectivity index (χ0) is 28.0. The van der Waals surface area contributed by atoms with Gasteiger partial charge in [0.05, 0.1) is 6.04 Å². The molecule has 214 valence electrons. The third kappa shape index (κ3) is 6.73. The fourth-order valence-electron chi connectivity index (χ4n) is 6.34. The summed E-state index contributed by atoms with van der Waals surface area (Å²) in [6, 6.07) is 18.5. The largest absolute Gasteiger partial charge is 0.328 e. The first-order valence-electron chi connectivity index (χ1n) is 14.9. The number of benzene rings is 2. The van der Waals surface area contributed by atoms with Crippen LogP contribution in [0.2, 0.25) is 0 Å². The molecule has 2 aromatic rings. The summed E-state index contributed by atoms with van der Waals surface area (Å²) in [6.07, 6.45) is 8.84. The lowest BCUT2D eigenvalue weighted by molar-refractivity contribution is -0.116. The molecule has 5 rings (SSSR count). The van der Waals surface area contributed by atoms with Crippen molar-refractivity contribution in [2.45, 2.75) is 75.9 Å². The van der Waals surface area contributed by atoms with Crippen LogP contribution in [0.4, 0.5) is 16.2 Å². The molecule has 1 saturated carbocycles. The first-order chi connectivity index (χ1) is 19.4. The average Bonchev–Trinajstić information content (AvgIpc) is 3.21. The Morgan fingerprint density at radius 3 is 2.40 bits per heavy atom. The van der Waals surface area contributed by atoms with E-state index < -0.39 is 5.54 Å². The molecule has 2 aliphatic heterocycles. The number of amides is 3. The van der Waals surface area contributed by atoms with E-state index in [0.29, 0.717) is 6.42 Å². The molecular formula is C32H44N6O2. The minimum atomic E-state index is -0.474. The predicted molar refractivity (Wildman–Crippen MR) is 162 cm³/mol. The number of urea groups is 1. The van der Waals surface area contributed by atoms with E-state index in [1.54, 1.807) is 0 Å². The molecule has 8 heteroatoms. The maximum absolute atomic E-state index is 13.6. The molecule has 3 fully saturated rings. The Morgan fingerprint density at radius 2 is 1.73 bits per heavy atom. The number of carbonyl (C=O) groups excluding carboxylic acids is 2. The van der Waals surface area contributed by atoms with Crippen LogP contribution in [-0.4, -0.2) is 72.9 Å². The van der Waals surface area contributed by atoms with E-state index in [-0.39, 0.29) is 18.0 Å². The van der Waals surface area contributed by atoms with Gasteiger partial charge in [-0.1, -0.05) is 49.6 Å². The maximum atomic E-state index is 13.6. The number of piperidine rings is 1. The number of rotatable bonds is 9. The second-order valence-corrected chi connectivity index (χ2v) is 11.8. The van der Waals surface area contributed by atoms with Crippen LogP contribution in [0.1, 0.15) is 63.4 Å². The lowest BCUT2D eigenvalue weighted by Crippen LogP contribution is -2.57. The molecular weight excluding hydrogens is 500 g/mol. The summed E-state index contributed by atoms with van der Waals surface area (Å²) >= 11 is 0. The summed E-state index contributed by atoms with van der Waals surface area (Å²) in [6.45, 7) is 3.58. The SMILES string of the molecule is CN(C)CCCC(=O)Nc1ccc(N2C(=O)NC(=NC3CCCCC3)C23CCN(Cc2ccccc2)CC3)cc1. The molecule has 1 spiro atoms. The van der Waals surface area contributed by atoms with E-state index in [0.717, 1.165) is 75.5 Å². The van der Waals surface area contributed by atoms with Crippen molar-refractivity contribution in [2.24, 2.45) is 4.99 Å². The van der Waals surface area contributed by atoms with Crippen LogP contribution in [0, 0.1) is 0 Å². The van der Waals surface area contributed by atoms with Crippen LogP contribution in [0.15, 0.2) is 59.6 Å². The van der Waals surface area contributed by atoms with Gasteiger partial charge in [-0.15, -0.1) is 0 Å². The molecule has 0 bridgehead atoms. The highest BCUT2D eigenvalue weighted by atomic mass is 16.2. The van der Waals surface area contributed by atoms with Gasteiger partial charge in [0.15, 0.2) is 0 Å². The van der Waals surface area contributed by atoms with E-state index >= 15 is 0 Å². The van der Waals surface area contributed by atoms with Gasteiger partial charge in [-0.2, -0.15) is 0 Å². The summed E-state index contributed by atoms with van der Waals surface area (Å²) in [7, 11) is 4.02. The molecule has 0 atom stereocenters. The molecule has 0 unspecified atom stereocenters. The van der Waals surface area contributed by atoms with Crippen LogP contribution in [0.5, 0.6) is 0 Å². The van der Waals surface area contributed by atoms with Gasteiger partial charge < -0.3 is 10.2 Å². The lowest BCUT2D eigenvalue weighted by atomic mass is 9.84. The fourth-order valence-corrected chi connectivity index (χ4v) is 6.34. The third-order valence-electron chi connectivity index (χ3n) is 8.53. The van der Waals surface area contributed by atoms with Gasteiger partial charge in [0.2, 0.25) is 5.91 Å². The number of nitrogens with zero attached hydrogens (tertiary/aromatic N) is 4. The number of anilines is 2. The Hall–Kier alpha value is -3.23. The van der Waals surface area contributed by atoms with Crippen molar-refractivity contribution in [2.75, 3.05) is 43.9 Å². The second kappa shape index (κ2) is 13.0. The summed E-state index contributed by atoms with van der Waals surface area (Å²) in [5.74, 6) is 0.861. The Kier molecular flexibility index (Phi) is 9.17. The van der Waals surface area contributed by atoms with E-state index in [2.05, 4.69) is 50.8 Å². The summed E-state index contributed by atoms with van der Waals surface area (Å²) < 4.78 is 0. The number of hydrogen-bond donors (Lipinski definition) is 2. The van der Waals surface area contributed by atoms with Crippen molar-refractivity contribution in [3.8, 4) is 0 Å². The van der Waals surface area contributed by atoms with Crippen molar-refractivity contribution in [3.05, 3.63) is 60.2 Å². The normalized spacial score (nSPS) is 20.8. The molecule has 2 aromatic carbocycles. The topological polar surface area (TPSA) is 80.3 Å². The van der Waals surface area contributed by atoms with E-state index in [9.17, 15) is 9.59 Å². The Balaban J connectivity index is 1.33. The van der Waals surface area contributed by atoms with Crippen LogP contribution in [0.25, 0.3) is 0 Å².